The van der Waals surface area contributed by atoms with Gasteiger partial charge in [0.05, 0.1) is 10.9 Å². The molecular formula is C12H12N3O3S. The first-order chi connectivity index (χ1) is 8.95. The highest BCUT2D eigenvalue weighted by Crippen LogP contribution is 2.20. The van der Waals surface area contributed by atoms with Crippen molar-refractivity contribution in [2.45, 2.75) is 4.90 Å². The van der Waals surface area contributed by atoms with E-state index in [9.17, 15) is 13.2 Å². The number of nitrogens with two attached hydrogens (primary N) is 1. The Morgan fingerprint density at radius 3 is 2.42 bits per heavy atom. The highest BCUT2D eigenvalue weighted by molar-refractivity contribution is 7.89. The topological polar surface area (TPSA) is 101 Å². The minimum absolute atomic E-state index is 0.0568. The lowest BCUT2D eigenvalue weighted by atomic mass is 10.2. The van der Waals surface area contributed by atoms with Crippen LogP contribution in [0.2, 0.25) is 0 Å². The highest BCUT2D eigenvalue weighted by Gasteiger charge is 2.19. The summed E-state index contributed by atoms with van der Waals surface area (Å²) in [4.78, 5) is 11.6. The molecule has 4 N–H and O–H groups in total. The number of primary sulfonamides is 1. The van der Waals surface area contributed by atoms with Crippen molar-refractivity contribution in [1.82, 2.24) is 5.32 Å². The van der Waals surface area contributed by atoms with E-state index in [1.54, 1.807) is 31.7 Å². The third kappa shape index (κ3) is 3.93. The predicted octanol–water partition coefficient (Wildman–Crippen LogP) is 0.818. The van der Waals surface area contributed by atoms with Crippen LogP contribution in [-0.2, 0) is 10.0 Å². The van der Waals surface area contributed by atoms with E-state index in [1.165, 1.54) is 18.2 Å². The molecule has 19 heavy (non-hydrogen) atoms. The van der Waals surface area contributed by atoms with Gasteiger partial charge in [0.1, 0.15) is 0 Å². The van der Waals surface area contributed by atoms with Crippen LogP contribution in [0.5, 0.6) is 0 Å². The number of carbonyl (C=O) groups is 1. The molecule has 0 aliphatic heterocycles. The maximum absolute atomic E-state index is 11.6. The number of anilines is 1. The van der Waals surface area contributed by atoms with Gasteiger partial charge < -0.3 is 10.6 Å². The van der Waals surface area contributed by atoms with Gasteiger partial charge in [0.15, 0.2) is 0 Å². The summed E-state index contributed by atoms with van der Waals surface area (Å²) in [5, 5.41) is 10.1. The molecule has 6 nitrogen and oxygen atoms in total. The zero-order chi connectivity index (χ0) is 13.9. The number of benzene rings is 1. The van der Waals surface area contributed by atoms with E-state index in [-0.39, 0.29) is 4.90 Å². The van der Waals surface area contributed by atoms with Gasteiger partial charge >= 0.3 is 6.03 Å². The minimum Gasteiger partial charge on any atom is -0.329 e. The SMILES string of the molecule is NS(=O)(=O)c1cccc(NC(=O)N[C]2[CH][CH][CH][CH]2)c1. The number of hydrogen-bond donors (Lipinski definition) is 3. The third-order valence-corrected chi connectivity index (χ3v) is 3.25. The van der Waals surface area contributed by atoms with Crippen LogP contribution in [0.1, 0.15) is 0 Å². The standard InChI is InChI=1S/C12H12N3O3S/c13-19(17,18)11-7-3-6-10(8-11)15-12(16)14-9-4-1-2-5-9/h1-8H,(H2,13,17,18)(H2,14,15,16). The molecule has 7 heteroatoms. The Labute approximate surface area is 112 Å². The molecular weight excluding hydrogens is 266 g/mol. The van der Waals surface area contributed by atoms with Crippen LogP contribution in [0.4, 0.5) is 10.5 Å². The summed E-state index contributed by atoms with van der Waals surface area (Å²) in [6.07, 6.45) is 7.05. The van der Waals surface area contributed by atoms with Crippen molar-refractivity contribution in [3.05, 3.63) is 56.0 Å². The molecule has 0 saturated heterocycles. The summed E-state index contributed by atoms with van der Waals surface area (Å²) in [6.45, 7) is 0. The molecule has 1 fully saturated rings. The lowest BCUT2D eigenvalue weighted by Gasteiger charge is -2.12. The maximum atomic E-state index is 11.6. The van der Waals surface area contributed by atoms with Crippen molar-refractivity contribution in [1.29, 1.82) is 0 Å². The van der Waals surface area contributed by atoms with Crippen LogP contribution in [0.25, 0.3) is 0 Å². The summed E-state index contributed by atoms with van der Waals surface area (Å²) < 4.78 is 22.4. The molecule has 0 bridgehead atoms. The molecule has 0 unspecified atom stereocenters. The molecule has 1 saturated carbocycles. The molecule has 5 radical (unpaired) electrons. The number of carbonyl (C=O) groups excluding carboxylic acids is 1. The molecule has 0 aromatic heterocycles. The molecule has 1 aromatic rings. The molecule has 2 rings (SSSR count). The molecule has 2 amide bonds. The summed E-state index contributed by atoms with van der Waals surface area (Å²) in [5.74, 6) is 0. The van der Waals surface area contributed by atoms with Crippen molar-refractivity contribution < 1.29 is 13.2 Å². The molecule has 1 aliphatic carbocycles. The van der Waals surface area contributed by atoms with Gasteiger partial charge in [-0.15, -0.1) is 0 Å². The minimum atomic E-state index is -3.78. The van der Waals surface area contributed by atoms with E-state index >= 15 is 0 Å². The van der Waals surface area contributed by atoms with Crippen LogP contribution in [-0.4, -0.2) is 14.4 Å². The largest absolute Gasteiger partial charge is 0.329 e. The van der Waals surface area contributed by atoms with Crippen molar-refractivity contribution >= 4 is 21.7 Å². The number of hydrogen-bond acceptors (Lipinski definition) is 3. The van der Waals surface area contributed by atoms with Crippen LogP contribution < -0.4 is 15.8 Å². The van der Waals surface area contributed by atoms with Gasteiger partial charge in [-0.3, -0.25) is 0 Å². The van der Waals surface area contributed by atoms with Crippen LogP contribution in [0.3, 0.4) is 0 Å². The normalized spacial score (nSPS) is 16.3. The molecule has 1 aromatic carbocycles. The Morgan fingerprint density at radius 1 is 1.11 bits per heavy atom. The fourth-order valence-corrected chi connectivity index (χ4v) is 2.06. The quantitative estimate of drug-likeness (QED) is 0.762. The van der Waals surface area contributed by atoms with Gasteiger partial charge in [-0.2, -0.15) is 0 Å². The van der Waals surface area contributed by atoms with Crippen molar-refractivity contribution in [3.8, 4) is 0 Å². The van der Waals surface area contributed by atoms with E-state index in [0.29, 0.717) is 11.7 Å². The summed E-state index contributed by atoms with van der Waals surface area (Å²) in [7, 11) is -3.78. The number of amides is 2. The van der Waals surface area contributed by atoms with Gasteiger partial charge in [-0.05, 0) is 43.9 Å². The van der Waals surface area contributed by atoms with E-state index in [1.807, 2.05) is 0 Å². The Balaban J connectivity index is 2.00. The molecule has 99 valence electrons. The predicted molar refractivity (Wildman–Crippen MR) is 70.4 cm³/mol. The Kier molecular flexibility index (Phi) is 4.06. The number of sulfonamides is 1. The maximum Gasteiger partial charge on any atom is 0.319 e. The van der Waals surface area contributed by atoms with Gasteiger partial charge in [0.2, 0.25) is 10.0 Å². The van der Waals surface area contributed by atoms with Crippen molar-refractivity contribution in [2.75, 3.05) is 5.32 Å². The summed E-state index contributed by atoms with van der Waals surface area (Å²) in [5.41, 5.74) is 0.343. The van der Waals surface area contributed by atoms with E-state index in [4.69, 9.17) is 5.14 Å². The number of rotatable bonds is 3. The zero-order valence-electron chi connectivity index (χ0n) is 9.83. The van der Waals surface area contributed by atoms with Gasteiger partial charge in [0, 0.05) is 5.69 Å². The number of urea groups is 1. The van der Waals surface area contributed by atoms with E-state index in [0.717, 1.165) is 0 Å². The Morgan fingerprint density at radius 2 is 1.79 bits per heavy atom. The smallest absolute Gasteiger partial charge is 0.319 e. The lowest BCUT2D eigenvalue weighted by Crippen LogP contribution is -2.31. The van der Waals surface area contributed by atoms with Crippen LogP contribution in [0.15, 0.2) is 29.2 Å². The fraction of sp³-hybridized carbons (Fsp3) is 0. The van der Waals surface area contributed by atoms with Crippen LogP contribution in [0, 0.1) is 31.7 Å². The first kappa shape index (κ1) is 13.8. The summed E-state index contributed by atoms with van der Waals surface area (Å²) in [6, 6.07) is 5.91. The average Bonchev–Trinajstić information content (AvgIpc) is 2.80. The van der Waals surface area contributed by atoms with E-state index < -0.39 is 16.1 Å². The molecule has 0 heterocycles. The second-order valence-electron chi connectivity index (χ2n) is 3.83. The first-order valence-corrected chi connectivity index (χ1v) is 6.92. The number of nitrogens with one attached hydrogen (secondary N) is 2. The fourth-order valence-electron chi connectivity index (χ4n) is 1.50. The monoisotopic (exact) mass is 278 g/mol. The molecule has 0 spiro atoms. The van der Waals surface area contributed by atoms with Gasteiger partial charge in [-0.25, -0.2) is 18.4 Å². The summed E-state index contributed by atoms with van der Waals surface area (Å²) >= 11 is 0. The third-order valence-electron chi connectivity index (χ3n) is 2.34. The second kappa shape index (κ2) is 5.58. The Bertz CT molecular complexity index is 565. The first-order valence-electron chi connectivity index (χ1n) is 5.38. The van der Waals surface area contributed by atoms with Crippen molar-refractivity contribution in [3.63, 3.8) is 0 Å². The highest BCUT2D eigenvalue weighted by atomic mass is 32.2. The lowest BCUT2D eigenvalue weighted by molar-refractivity contribution is 0.253. The van der Waals surface area contributed by atoms with Gasteiger partial charge in [-0.1, -0.05) is 6.07 Å². The average molecular weight is 278 g/mol. The Hall–Kier alpha value is -1.60. The van der Waals surface area contributed by atoms with Gasteiger partial charge in [0.25, 0.3) is 0 Å². The molecule has 0 atom stereocenters. The zero-order valence-corrected chi connectivity index (χ0v) is 10.6. The van der Waals surface area contributed by atoms with Crippen molar-refractivity contribution in [2.24, 2.45) is 5.14 Å². The van der Waals surface area contributed by atoms with Crippen LogP contribution >= 0.6 is 0 Å². The second-order valence-corrected chi connectivity index (χ2v) is 5.39. The molecule has 1 aliphatic rings. The van der Waals surface area contributed by atoms with E-state index in [2.05, 4.69) is 10.6 Å².